The first-order valence-corrected chi connectivity index (χ1v) is 17.5. The average Bonchev–Trinajstić information content (AvgIpc) is 3.79. The summed E-state index contributed by atoms with van der Waals surface area (Å²) in [5, 5.41) is 16.6. The Morgan fingerprint density at radius 1 is 0.532 bits per heavy atom. The summed E-state index contributed by atoms with van der Waals surface area (Å²) in [5.41, 5.74) is 5.67. The van der Waals surface area contributed by atoms with Crippen molar-refractivity contribution in [2.75, 3.05) is 5.32 Å². The third-order valence-electron chi connectivity index (χ3n) is 9.84. The number of hydrogen-bond acceptors (Lipinski definition) is 4. The zero-order chi connectivity index (χ0) is 30.6. The van der Waals surface area contributed by atoms with Crippen LogP contribution in [0.4, 0.5) is 10.7 Å². The Bertz CT molecular complexity index is 2940. The van der Waals surface area contributed by atoms with Crippen molar-refractivity contribution in [2.24, 2.45) is 4.99 Å². The van der Waals surface area contributed by atoms with Crippen LogP contribution in [0.2, 0.25) is 0 Å². The molecule has 1 atom stereocenters. The van der Waals surface area contributed by atoms with Gasteiger partial charge in [0, 0.05) is 46.6 Å². The molecule has 11 rings (SSSR count). The molecule has 4 heterocycles. The summed E-state index contributed by atoms with van der Waals surface area (Å²) < 4.78 is 6.43. The van der Waals surface area contributed by atoms with Gasteiger partial charge in [-0.05, 0) is 45.8 Å². The molecule has 0 saturated heterocycles. The van der Waals surface area contributed by atoms with E-state index < -0.39 is 0 Å². The monoisotopic (exact) mass is 635 g/mol. The van der Waals surface area contributed by atoms with E-state index in [-0.39, 0.29) is 6.17 Å². The molecule has 0 aliphatic carbocycles. The molecule has 1 aliphatic heterocycles. The normalized spacial score (nSPS) is 14.9. The van der Waals surface area contributed by atoms with E-state index in [9.17, 15) is 0 Å². The van der Waals surface area contributed by atoms with Crippen molar-refractivity contribution in [2.45, 2.75) is 6.17 Å². The van der Waals surface area contributed by atoms with Crippen LogP contribution in [-0.4, -0.2) is 10.3 Å². The molecule has 3 aromatic heterocycles. The Hall–Kier alpha value is -5.49. The lowest BCUT2D eigenvalue weighted by atomic mass is 10.0. The molecule has 0 saturated carbocycles. The maximum atomic E-state index is 5.46. The van der Waals surface area contributed by atoms with Crippen LogP contribution in [0.1, 0.15) is 11.7 Å². The van der Waals surface area contributed by atoms with E-state index in [0.29, 0.717) is 0 Å². The number of anilines is 1. The van der Waals surface area contributed by atoms with E-state index in [1.54, 1.807) is 11.3 Å². The van der Waals surface area contributed by atoms with Gasteiger partial charge in [0.15, 0.2) is 0 Å². The number of thiophene rings is 2. The predicted octanol–water partition coefficient (Wildman–Crippen LogP) is 12.4. The lowest BCUT2D eigenvalue weighted by molar-refractivity contribution is 0.761. The smallest absolute Gasteiger partial charge is 0.148 e. The second-order valence-electron chi connectivity index (χ2n) is 12.4. The summed E-state index contributed by atoms with van der Waals surface area (Å²) in [5.74, 6) is 0. The molecular weight excluding hydrogens is 611 g/mol. The molecule has 0 fully saturated rings. The first kappa shape index (κ1) is 25.7. The minimum absolute atomic E-state index is 0.216. The number of hydrogen-bond donors (Lipinski definition) is 1. The Labute approximate surface area is 277 Å². The maximum Gasteiger partial charge on any atom is 0.148 e. The highest BCUT2D eigenvalue weighted by atomic mass is 32.1. The Morgan fingerprint density at radius 3 is 2.13 bits per heavy atom. The molecule has 5 heteroatoms. The third-order valence-corrected chi connectivity index (χ3v) is 12.1. The standard InChI is InChI=1S/C42H25N3S2/c1-2-12-26(13-3-1)38-41(43-39-30-16-8-9-17-35(30)47-42(39)44-38)45-33-21-19-24-10-4-6-14-27(24)37(33)32-23-36-31(22-34(32)45)29-20-18-25-11-5-7-15-28(25)40(29)46-36/h1-23,41,43H. The topological polar surface area (TPSA) is 29.3 Å². The van der Waals surface area contributed by atoms with Crippen molar-refractivity contribution in [3.63, 3.8) is 0 Å². The van der Waals surface area contributed by atoms with Crippen LogP contribution in [0.5, 0.6) is 0 Å². The minimum Gasteiger partial charge on any atom is -0.357 e. The van der Waals surface area contributed by atoms with Gasteiger partial charge in [0.05, 0.1) is 22.4 Å². The van der Waals surface area contributed by atoms with Gasteiger partial charge in [-0.2, -0.15) is 0 Å². The summed E-state index contributed by atoms with van der Waals surface area (Å²) in [4.78, 5) is 5.46. The van der Waals surface area contributed by atoms with Crippen molar-refractivity contribution in [1.82, 2.24) is 4.57 Å². The number of fused-ring (bicyclic) bond motifs is 13. The molecule has 1 unspecified atom stereocenters. The van der Waals surface area contributed by atoms with Crippen LogP contribution in [0, 0.1) is 0 Å². The van der Waals surface area contributed by atoms with Gasteiger partial charge in [0.25, 0.3) is 0 Å². The summed E-state index contributed by atoms with van der Waals surface area (Å²) in [6, 6.07) is 50.9. The quantitative estimate of drug-likeness (QED) is 0.201. The number of rotatable bonds is 2. The fraction of sp³-hybridized carbons (Fsp3) is 0.0238. The SMILES string of the molecule is c1ccc(C2=Nc3sc4ccccc4c3NC2n2c3cc4c(cc3c3c5ccccc5ccc32)sc2c3ccccc3ccc42)cc1. The lowest BCUT2D eigenvalue weighted by Crippen LogP contribution is -2.29. The Kier molecular flexibility index (Phi) is 5.20. The fourth-order valence-corrected chi connectivity index (χ4v) is 10.0. The van der Waals surface area contributed by atoms with Crippen LogP contribution in [0.25, 0.3) is 73.6 Å². The van der Waals surface area contributed by atoms with Crippen molar-refractivity contribution >= 4 is 113 Å². The van der Waals surface area contributed by atoms with Crippen molar-refractivity contribution < 1.29 is 0 Å². The second-order valence-corrected chi connectivity index (χ2v) is 14.5. The minimum atomic E-state index is -0.216. The van der Waals surface area contributed by atoms with E-state index in [1.165, 1.54) is 73.6 Å². The van der Waals surface area contributed by atoms with Crippen LogP contribution in [-0.2, 0) is 0 Å². The maximum absolute atomic E-state index is 5.46. The highest BCUT2D eigenvalue weighted by Gasteiger charge is 2.31. The summed E-state index contributed by atoms with van der Waals surface area (Å²) in [6.07, 6.45) is -0.216. The molecule has 10 aromatic rings. The van der Waals surface area contributed by atoms with Gasteiger partial charge < -0.3 is 9.88 Å². The molecular formula is C42H25N3S2. The zero-order valence-electron chi connectivity index (χ0n) is 25.1. The van der Waals surface area contributed by atoms with Gasteiger partial charge in [-0.25, -0.2) is 4.99 Å². The van der Waals surface area contributed by atoms with Crippen LogP contribution >= 0.6 is 22.7 Å². The number of nitrogens with zero attached hydrogens (tertiary/aromatic N) is 2. The highest BCUT2D eigenvalue weighted by Crippen LogP contribution is 2.49. The average molecular weight is 636 g/mol. The lowest BCUT2D eigenvalue weighted by Gasteiger charge is -2.29. The molecule has 7 aromatic carbocycles. The molecule has 0 bridgehead atoms. The van der Waals surface area contributed by atoms with Crippen molar-refractivity contribution in [1.29, 1.82) is 0 Å². The van der Waals surface area contributed by atoms with Crippen molar-refractivity contribution in [3.8, 4) is 0 Å². The van der Waals surface area contributed by atoms with E-state index in [2.05, 4.69) is 149 Å². The van der Waals surface area contributed by atoms with E-state index >= 15 is 0 Å². The number of benzene rings is 7. The molecule has 1 aliphatic rings. The molecule has 0 radical (unpaired) electrons. The third kappa shape index (κ3) is 3.58. The molecule has 0 spiro atoms. The summed E-state index contributed by atoms with van der Waals surface area (Å²) in [7, 11) is 0. The Morgan fingerprint density at radius 2 is 1.26 bits per heavy atom. The predicted molar refractivity (Wildman–Crippen MR) is 204 cm³/mol. The number of aliphatic imine (C=N–C) groups is 1. The molecule has 47 heavy (non-hydrogen) atoms. The summed E-state index contributed by atoms with van der Waals surface area (Å²) >= 11 is 3.66. The number of nitrogens with one attached hydrogen (secondary N) is 1. The molecule has 0 amide bonds. The van der Waals surface area contributed by atoms with Crippen LogP contribution < -0.4 is 5.32 Å². The largest absolute Gasteiger partial charge is 0.357 e. The van der Waals surface area contributed by atoms with Crippen molar-refractivity contribution in [3.05, 3.63) is 145 Å². The number of aromatic nitrogens is 1. The van der Waals surface area contributed by atoms with Gasteiger partial charge in [-0.1, -0.05) is 115 Å². The zero-order valence-corrected chi connectivity index (χ0v) is 26.7. The molecule has 220 valence electrons. The second kappa shape index (κ2) is 9.52. The van der Waals surface area contributed by atoms with Gasteiger partial charge >= 0.3 is 0 Å². The fourth-order valence-electron chi connectivity index (χ4n) is 7.73. The van der Waals surface area contributed by atoms with Gasteiger partial charge in [0.2, 0.25) is 0 Å². The summed E-state index contributed by atoms with van der Waals surface area (Å²) in [6.45, 7) is 0. The molecule has 1 N–H and O–H groups in total. The highest BCUT2D eigenvalue weighted by molar-refractivity contribution is 7.26. The molecule has 3 nitrogen and oxygen atoms in total. The Balaban J connectivity index is 1.28. The van der Waals surface area contributed by atoms with Gasteiger partial charge in [-0.15, -0.1) is 22.7 Å². The van der Waals surface area contributed by atoms with Crippen LogP contribution in [0.3, 0.4) is 0 Å². The van der Waals surface area contributed by atoms with E-state index in [1.807, 2.05) is 11.3 Å². The van der Waals surface area contributed by atoms with Crippen LogP contribution in [0.15, 0.2) is 145 Å². The van der Waals surface area contributed by atoms with Gasteiger partial charge in [0.1, 0.15) is 11.2 Å². The van der Waals surface area contributed by atoms with Gasteiger partial charge in [-0.3, -0.25) is 0 Å². The van der Waals surface area contributed by atoms with E-state index in [0.717, 1.165) is 22.0 Å². The first-order chi connectivity index (χ1) is 23.3. The first-order valence-electron chi connectivity index (χ1n) is 15.9. The van der Waals surface area contributed by atoms with E-state index in [4.69, 9.17) is 4.99 Å².